The summed E-state index contributed by atoms with van der Waals surface area (Å²) in [5.41, 5.74) is 0.0689. The maximum Gasteiger partial charge on any atom is 0.174 e. The zero-order chi connectivity index (χ0) is 12.9. The summed E-state index contributed by atoms with van der Waals surface area (Å²) in [4.78, 5) is 12.0. The van der Waals surface area contributed by atoms with Crippen LogP contribution in [-0.4, -0.2) is 25.8 Å². The van der Waals surface area contributed by atoms with Gasteiger partial charge < -0.3 is 9.47 Å². The van der Waals surface area contributed by atoms with Crippen LogP contribution >= 0.6 is 0 Å². The summed E-state index contributed by atoms with van der Waals surface area (Å²) >= 11 is 0. The largest absolute Gasteiger partial charge is 0.353 e. The molecule has 1 rings (SSSR count). The minimum absolute atomic E-state index is 0.00255. The van der Waals surface area contributed by atoms with Gasteiger partial charge in [0.15, 0.2) is 11.6 Å². The lowest BCUT2D eigenvalue weighted by Gasteiger charge is -2.28. The van der Waals surface area contributed by atoms with Crippen LogP contribution in [0.1, 0.15) is 30.1 Å². The van der Waals surface area contributed by atoms with Gasteiger partial charge in [0.1, 0.15) is 5.82 Å². The fourth-order valence-corrected chi connectivity index (χ4v) is 1.67. The molecule has 0 radical (unpaired) electrons. The summed E-state index contributed by atoms with van der Waals surface area (Å²) in [5, 5.41) is 0. The molecule has 0 spiro atoms. The Balaban J connectivity index is 2.89. The number of Topliss-reactive ketones (excluding diaryl/α,β-unsaturated/α-hetero) is 1. The fraction of sp³-hybridized carbons (Fsp3) is 0.462. The number of halogens is 1. The highest BCUT2D eigenvalue weighted by atomic mass is 19.1. The molecule has 0 saturated carbocycles. The quantitative estimate of drug-likeness (QED) is 0.566. The van der Waals surface area contributed by atoms with E-state index in [9.17, 15) is 9.18 Å². The molecular formula is C13H17FO3. The molecule has 3 nitrogen and oxygen atoms in total. The number of carbonyl (C=O) groups is 1. The fourth-order valence-electron chi connectivity index (χ4n) is 1.67. The zero-order valence-corrected chi connectivity index (χ0v) is 10.3. The average Bonchev–Trinajstić information content (AvgIpc) is 2.36. The maximum atomic E-state index is 13.4. The Labute approximate surface area is 101 Å². The highest BCUT2D eigenvalue weighted by Gasteiger charge is 2.31. The molecule has 94 valence electrons. The van der Waals surface area contributed by atoms with Gasteiger partial charge in [0.05, 0.1) is 12.0 Å². The number of benzene rings is 1. The second kappa shape index (κ2) is 5.89. The standard InChI is InChI=1S/C13H17FO3/c1-4-13(16-2,17-3)9-12(15)10-7-5-6-8-11(10)14/h5-8H,4,9H2,1-3H3. The summed E-state index contributed by atoms with van der Waals surface area (Å²) < 4.78 is 23.8. The molecule has 4 heteroatoms. The van der Waals surface area contributed by atoms with Crippen molar-refractivity contribution >= 4 is 5.78 Å². The normalized spacial score (nSPS) is 11.5. The third kappa shape index (κ3) is 3.11. The van der Waals surface area contributed by atoms with Crippen molar-refractivity contribution in [1.29, 1.82) is 0 Å². The summed E-state index contributed by atoms with van der Waals surface area (Å²) in [6.45, 7) is 1.85. The Morgan fingerprint density at radius 1 is 1.29 bits per heavy atom. The van der Waals surface area contributed by atoms with Gasteiger partial charge in [0.25, 0.3) is 0 Å². The van der Waals surface area contributed by atoms with Crippen LogP contribution in [-0.2, 0) is 9.47 Å². The van der Waals surface area contributed by atoms with E-state index in [2.05, 4.69) is 0 Å². The molecule has 0 aromatic heterocycles. The van der Waals surface area contributed by atoms with Crippen molar-refractivity contribution in [1.82, 2.24) is 0 Å². The van der Waals surface area contributed by atoms with Crippen molar-refractivity contribution in [2.24, 2.45) is 0 Å². The van der Waals surface area contributed by atoms with Crippen LogP contribution in [0.4, 0.5) is 4.39 Å². The SMILES string of the molecule is CCC(CC(=O)c1ccccc1F)(OC)OC. The van der Waals surface area contributed by atoms with Crippen LogP contribution in [0.5, 0.6) is 0 Å². The van der Waals surface area contributed by atoms with E-state index < -0.39 is 11.6 Å². The van der Waals surface area contributed by atoms with Crippen molar-refractivity contribution in [2.75, 3.05) is 14.2 Å². The second-order valence-corrected chi connectivity index (χ2v) is 3.75. The van der Waals surface area contributed by atoms with Crippen molar-refractivity contribution in [2.45, 2.75) is 25.6 Å². The molecule has 0 aliphatic heterocycles. The number of ether oxygens (including phenoxy) is 2. The van der Waals surface area contributed by atoms with Gasteiger partial charge in [0, 0.05) is 14.2 Å². The number of rotatable bonds is 6. The minimum Gasteiger partial charge on any atom is -0.353 e. The molecule has 17 heavy (non-hydrogen) atoms. The first-order chi connectivity index (χ1) is 8.08. The van der Waals surface area contributed by atoms with Crippen LogP contribution in [0.2, 0.25) is 0 Å². The summed E-state index contributed by atoms with van der Waals surface area (Å²) in [7, 11) is 2.95. The minimum atomic E-state index is -0.973. The van der Waals surface area contributed by atoms with E-state index in [1.54, 1.807) is 12.1 Å². The average molecular weight is 240 g/mol. The van der Waals surface area contributed by atoms with Gasteiger partial charge in [-0.05, 0) is 18.6 Å². The van der Waals surface area contributed by atoms with Crippen LogP contribution < -0.4 is 0 Å². The summed E-state index contributed by atoms with van der Waals surface area (Å²) in [6, 6.07) is 5.90. The van der Waals surface area contributed by atoms with E-state index in [0.29, 0.717) is 6.42 Å². The van der Waals surface area contributed by atoms with Gasteiger partial charge in [0.2, 0.25) is 0 Å². The number of ketones is 1. The number of methoxy groups -OCH3 is 2. The predicted molar refractivity (Wildman–Crippen MR) is 62.4 cm³/mol. The van der Waals surface area contributed by atoms with E-state index in [0.717, 1.165) is 0 Å². The van der Waals surface area contributed by atoms with Crippen LogP contribution in [0.3, 0.4) is 0 Å². The van der Waals surface area contributed by atoms with Crippen molar-refractivity contribution in [3.05, 3.63) is 35.6 Å². The highest BCUT2D eigenvalue weighted by molar-refractivity contribution is 5.96. The van der Waals surface area contributed by atoms with Crippen LogP contribution in [0.25, 0.3) is 0 Å². The second-order valence-electron chi connectivity index (χ2n) is 3.75. The Morgan fingerprint density at radius 3 is 2.35 bits per heavy atom. The lowest BCUT2D eigenvalue weighted by molar-refractivity contribution is -0.204. The molecule has 0 saturated heterocycles. The number of carbonyl (C=O) groups excluding carboxylic acids is 1. The van der Waals surface area contributed by atoms with Gasteiger partial charge in [-0.2, -0.15) is 0 Å². The summed E-state index contributed by atoms with van der Waals surface area (Å²) in [6.07, 6.45) is 0.512. The topological polar surface area (TPSA) is 35.5 Å². The van der Waals surface area contributed by atoms with Crippen molar-refractivity contribution < 1.29 is 18.7 Å². The van der Waals surface area contributed by atoms with Gasteiger partial charge in [-0.25, -0.2) is 4.39 Å². The first kappa shape index (κ1) is 13.8. The smallest absolute Gasteiger partial charge is 0.174 e. The van der Waals surface area contributed by atoms with Crippen LogP contribution in [0, 0.1) is 5.82 Å². The molecule has 0 aliphatic rings. The maximum absolute atomic E-state index is 13.4. The van der Waals surface area contributed by atoms with Gasteiger partial charge in [-0.1, -0.05) is 19.1 Å². The number of hydrogen-bond acceptors (Lipinski definition) is 3. The van der Waals surface area contributed by atoms with Crippen molar-refractivity contribution in [3.63, 3.8) is 0 Å². The van der Waals surface area contributed by atoms with Gasteiger partial charge >= 0.3 is 0 Å². The lowest BCUT2D eigenvalue weighted by Crippen LogP contribution is -2.35. The molecule has 1 aromatic carbocycles. The predicted octanol–water partition coefficient (Wildman–Crippen LogP) is 2.80. The molecule has 0 N–H and O–H groups in total. The zero-order valence-electron chi connectivity index (χ0n) is 10.3. The lowest BCUT2D eigenvalue weighted by atomic mass is 10.0. The molecule has 0 amide bonds. The Hall–Kier alpha value is -1.26. The van der Waals surface area contributed by atoms with Gasteiger partial charge in [-0.3, -0.25) is 4.79 Å². The third-order valence-electron chi connectivity index (χ3n) is 2.89. The number of hydrogen-bond donors (Lipinski definition) is 0. The molecule has 0 unspecified atom stereocenters. The molecule has 1 aromatic rings. The monoisotopic (exact) mass is 240 g/mol. The highest BCUT2D eigenvalue weighted by Crippen LogP contribution is 2.23. The van der Waals surface area contributed by atoms with E-state index in [4.69, 9.17) is 9.47 Å². The Kier molecular flexibility index (Phi) is 4.78. The molecule has 0 bridgehead atoms. The van der Waals surface area contributed by atoms with E-state index in [1.807, 2.05) is 6.92 Å². The van der Waals surface area contributed by atoms with Crippen molar-refractivity contribution in [3.8, 4) is 0 Å². The molecular weight excluding hydrogens is 223 g/mol. The molecule has 0 atom stereocenters. The molecule has 0 heterocycles. The Morgan fingerprint density at radius 2 is 1.88 bits per heavy atom. The molecule has 0 fully saturated rings. The third-order valence-corrected chi connectivity index (χ3v) is 2.89. The van der Waals surface area contributed by atoms with E-state index in [1.165, 1.54) is 26.4 Å². The van der Waals surface area contributed by atoms with E-state index in [-0.39, 0.29) is 17.8 Å². The first-order valence-corrected chi connectivity index (χ1v) is 5.46. The molecule has 0 aliphatic carbocycles. The van der Waals surface area contributed by atoms with E-state index >= 15 is 0 Å². The summed E-state index contributed by atoms with van der Waals surface area (Å²) in [5.74, 6) is -1.82. The van der Waals surface area contributed by atoms with Gasteiger partial charge in [-0.15, -0.1) is 0 Å². The first-order valence-electron chi connectivity index (χ1n) is 5.46. The van der Waals surface area contributed by atoms with Crippen LogP contribution in [0.15, 0.2) is 24.3 Å². The Bertz CT molecular complexity index is 378.